The van der Waals surface area contributed by atoms with Crippen LogP contribution in [0.15, 0.2) is 28.7 Å². The number of ether oxygens (including phenoxy) is 1. The number of nitrogens with one attached hydrogen (secondary N) is 1. The first-order chi connectivity index (χ1) is 9.06. The summed E-state index contributed by atoms with van der Waals surface area (Å²) in [4.78, 5) is 1.17. The van der Waals surface area contributed by atoms with Crippen molar-refractivity contribution in [3.63, 3.8) is 0 Å². The van der Waals surface area contributed by atoms with Crippen molar-refractivity contribution >= 4 is 38.9 Å². The highest BCUT2D eigenvalue weighted by molar-refractivity contribution is 9.10. The number of thiophene rings is 1. The molecule has 0 spiro atoms. The summed E-state index contributed by atoms with van der Waals surface area (Å²) in [6, 6.07) is 8.42. The Labute approximate surface area is 130 Å². The SMILES string of the molecule is CNC(c1ccc(C)c(OC)c1)c1cc(Br)c(Cl)s1. The Morgan fingerprint density at radius 3 is 2.63 bits per heavy atom. The Morgan fingerprint density at radius 2 is 2.11 bits per heavy atom. The largest absolute Gasteiger partial charge is 0.496 e. The van der Waals surface area contributed by atoms with Gasteiger partial charge in [0.1, 0.15) is 10.1 Å². The maximum Gasteiger partial charge on any atom is 0.122 e. The molecule has 0 amide bonds. The van der Waals surface area contributed by atoms with Crippen molar-refractivity contribution in [1.82, 2.24) is 5.32 Å². The van der Waals surface area contributed by atoms with E-state index >= 15 is 0 Å². The van der Waals surface area contributed by atoms with Crippen LogP contribution in [0.3, 0.4) is 0 Å². The van der Waals surface area contributed by atoms with E-state index in [0.717, 1.165) is 25.7 Å². The molecule has 0 bridgehead atoms. The van der Waals surface area contributed by atoms with Crippen LogP contribution in [0, 0.1) is 6.92 Å². The average molecular weight is 361 g/mol. The van der Waals surface area contributed by atoms with Gasteiger partial charge in [-0.2, -0.15) is 0 Å². The van der Waals surface area contributed by atoms with E-state index < -0.39 is 0 Å². The maximum absolute atomic E-state index is 6.12. The second-order valence-electron chi connectivity index (χ2n) is 4.22. The summed E-state index contributed by atoms with van der Waals surface area (Å²) < 4.78 is 7.10. The Morgan fingerprint density at radius 1 is 1.37 bits per heavy atom. The van der Waals surface area contributed by atoms with Gasteiger partial charge in [0.15, 0.2) is 0 Å². The third kappa shape index (κ3) is 3.14. The molecule has 0 aliphatic heterocycles. The van der Waals surface area contributed by atoms with E-state index in [4.69, 9.17) is 16.3 Å². The summed E-state index contributed by atoms with van der Waals surface area (Å²) in [5.41, 5.74) is 2.29. The van der Waals surface area contributed by atoms with Gasteiger partial charge in [0.05, 0.1) is 13.2 Å². The smallest absolute Gasteiger partial charge is 0.122 e. The molecule has 1 heterocycles. The lowest BCUT2D eigenvalue weighted by molar-refractivity contribution is 0.410. The topological polar surface area (TPSA) is 21.3 Å². The van der Waals surface area contributed by atoms with Gasteiger partial charge in [-0.1, -0.05) is 23.7 Å². The van der Waals surface area contributed by atoms with Crippen LogP contribution in [0.4, 0.5) is 0 Å². The summed E-state index contributed by atoms with van der Waals surface area (Å²) in [5.74, 6) is 0.902. The van der Waals surface area contributed by atoms with E-state index in [-0.39, 0.29) is 6.04 Å². The minimum atomic E-state index is 0.114. The van der Waals surface area contributed by atoms with E-state index in [2.05, 4.69) is 45.5 Å². The predicted octanol–water partition coefficient (Wildman–Crippen LogP) is 4.79. The third-order valence-electron chi connectivity index (χ3n) is 3.00. The molecular formula is C14H15BrClNOS. The zero-order valence-corrected chi connectivity index (χ0v) is 14.1. The van der Waals surface area contributed by atoms with Gasteiger partial charge in [-0.05, 0) is 53.2 Å². The second kappa shape index (κ2) is 6.27. The minimum Gasteiger partial charge on any atom is -0.496 e. The Kier molecular flexibility index (Phi) is 4.90. The zero-order chi connectivity index (χ0) is 14.0. The molecule has 0 radical (unpaired) electrons. The van der Waals surface area contributed by atoms with Crippen LogP contribution < -0.4 is 10.1 Å². The molecule has 1 aromatic heterocycles. The van der Waals surface area contributed by atoms with Gasteiger partial charge in [0.2, 0.25) is 0 Å². The van der Waals surface area contributed by atoms with Crippen molar-refractivity contribution < 1.29 is 4.74 Å². The van der Waals surface area contributed by atoms with Crippen molar-refractivity contribution in [2.75, 3.05) is 14.2 Å². The van der Waals surface area contributed by atoms with Gasteiger partial charge in [-0.25, -0.2) is 0 Å². The van der Waals surface area contributed by atoms with E-state index in [1.54, 1.807) is 18.4 Å². The van der Waals surface area contributed by atoms with Crippen LogP contribution in [-0.4, -0.2) is 14.2 Å². The van der Waals surface area contributed by atoms with Crippen molar-refractivity contribution in [3.8, 4) is 5.75 Å². The highest BCUT2D eigenvalue weighted by Crippen LogP contribution is 2.38. The fourth-order valence-electron chi connectivity index (χ4n) is 1.99. The summed E-state index contributed by atoms with van der Waals surface area (Å²) in [6.45, 7) is 2.04. The van der Waals surface area contributed by atoms with Gasteiger partial charge in [0, 0.05) is 9.35 Å². The summed E-state index contributed by atoms with van der Waals surface area (Å²) in [5, 5.41) is 3.32. The van der Waals surface area contributed by atoms with Crippen molar-refractivity contribution in [1.29, 1.82) is 0 Å². The predicted molar refractivity (Wildman–Crippen MR) is 85.7 cm³/mol. The summed E-state index contributed by atoms with van der Waals surface area (Å²) in [6.07, 6.45) is 0. The molecule has 102 valence electrons. The fraction of sp³-hybridized carbons (Fsp3) is 0.286. The lowest BCUT2D eigenvalue weighted by Gasteiger charge is -2.16. The van der Waals surface area contributed by atoms with E-state index in [1.807, 2.05) is 14.0 Å². The molecule has 2 rings (SSSR count). The van der Waals surface area contributed by atoms with Gasteiger partial charge in [-0.3, -0.25) is 0 Å². The lowest BCUT2D eigenvalue weighted by atomic mass is 10.0. The van der Waals surface area contributed by atoms with Crippen LogP contribution >= 0.6 is 38.9 Å². The standard InChI is InChI=1S/C14H15BrClNOS/c1-8-4-5-9(6-11(8)18-3)13(17-2)12-7-10(15)14(16)19-12/h4-7,13,17H,1-3H3. The van der Waals surface area contributed by atoms with Gasteiger partial charge >= 0.3 is 0 Å². The lowest BCUT2D eigenvalue weighted by Crippen LogP contribution is -2.16. The van der Waals surface area contributed by atoms with Crippen LogP contribution in [0.1, 0.15) is 22.0 Å². The van der Waals surface area contributed by atoms with Crippen molar-refractivity contribution in [2.45, 2.75) is 13.0 Å². The molecule has 0 aliphatic rings. The Hall–Kier alpha value is -0.550. The average Bonchev–Trinajstić information content (AvgIpc) is 2.72. The molecule has 19 heavy (non-hydrogen) atoms. The fourth-order valence-corrected chi connectivity index (χ4v) is 3.87. The number of methoxy groups -OCH3 is 1. The Bertz CT molecular complexity index is 565. The first-order valence-electron chi connectivity index (χ1n) is 5.83. The number of rotatable bonds is 4. The molecular weight excluding hydrogens is 346 g/mol. The number of aryl methyl sites for hydroxylation is 1. The second-order valence-corrected chi connectivity index (χ2v) is 6.76. The molecule has 1 N–H and O–H groups in total. The highest BCUT2D eigenvalue weighted by Gasteiger charge is 2.17. The molecule has 0 fully saturated rings. The van der Waals surface area contributed by atoms with E-state index in [1.165, 1.54) is 4.88 Å². The quantitative estimate of drug-likeness (QED) is 0.846. The van der Waals surface area contributed by atoms with Gasteiger partial charge in [0.25, 0.3) is 0 Å². The van der Waals surface area contributed by atoms with Gasteiger partial charge in [-0.15, -0.1) is 11.3 Å². The molecule has 0 saturated heterocycles. The third-order valence-corrected chi connectivity index (χ3v) is 5.54. The number of hydrogen-bond acceptors (Lipinski definition) is 3. The number of hydrogen-bond donors (Lipinski definition) is 1. The molecule has 0 saturated carbocycles. The van der Waals surface area contributed by atoms with Crippen LogP contribution in [0.5, 0.6) is 5.75 Å². The summed E-state index contributed by atoms with van der Waals surface area (Å²) >= 11 is 11.1. The number of halogens is 2. The molecule has 1 aromatic carbocycles. The summed E-state index contributed by atoms with van der Waals surface area (Å²) in [7, 11) is 3.64. The molecule has 0 aliphatic carbocycles. The molecule has 2 aromatic rings. The van der Waals surface area contributed by atoms with Crippen molar-refractivity contribution in [3.05, 3.63) is 49.1 Å². The van der Waals surface area contributed by atoms with Crippen molar-refractivity contribution in [2.24, 2.45) is 0 Å². The van der Waals surface area contributed by atoms with Crippen LogP contribution in [0.2, 0.25) is 4.34 Å². The van der Waals surface area contributed by atoms with Gasteiger partial charge < -0.3 is 10.1 Å². The Balaban J connectivity index is 2.41. The highest BCUT2D eigenvalue weighted by atomic mass is 79.9. The minimum absolute atomic E-state index is 0.114. The van der Waals surface area contributed by atoms with E-state index in [0.29, 0.717) is 0 Å². The first kappa shape index (κ1) is 14.9. The molecule has 5 heteroatoms. The normalized spacial score (nSPS) is 12.5. The monoisotopic (exact) mass is 359 g/mol. The molecule has 1 unspecified atom stereocenters. The molecule has 1 atom stereocenters. The molecule has 2 nitrogen and oxygen atoms in total. The van der Waals surface area contributed by atoms with Crippen LogP contribution in [-0.2, 0) is 0 Å². The number of benzene rings is 1. The zero-order valence-electron chi connectivity index (χ0n) is 11.0. The first-order valence-corrected chi connectivity index (χ1v) is 7.82. The van der Waals surface area contributed by atoms with E-state index in [9.17, 15) is 0 Å². The maximum atomic E-state index is 6.12. The van der Waals surface area contributed by atoms with Crippen LogP contribution in [0.25, 0.3) is 0 Å².